The SMILES string of the molecule is CCCS(=O)(=O)N1CCN(c2nc(Cl)ncc2Br)CC1. The van der Waals surface area contributed by atoms with Gasteiger partial charge in [0.05, 0.1) is 10.2 Å². The summed E-state index contributed by atoms with van der Waals surface area (Å²) in [5, 5.41) is 0.184. The maximum absolute atomic E-state index is 12.0. The summed E-state index contributed by atoms with van der Waals surface area (Å²) >= 11 is 9.19. The Morgan fingerprint density at radius 3 is 2.60 bits per heavy atom. The molecular weight excluding hydrogens is 368 g/mol. The summed E-state index contributed by atoms with van der Waals surface area (Å²) in [4.78, 5) is 10.1. The van der Waals surface area contributed by atoms with Crippen molar-refractivity contribution in [3.8, 4) is 0 Å². The molecular formula is C11H16BrClN4O2S. The molecule has 112 valence electrons. The van der Waals surface area contributed by atoms with Crippen LogP contribution < -0.4 is 4.90 Å². The van der Waals surface area contributed by atoms with Crippen LogP contribution >= 0.6 is 27.5 Å². The van der Waals surface area contributed by atoms with E-state index in [2.05, 4.69) is 25.9 Å². The number of sulfonamides is 1. The number of aromatic nitrogens is 2. The predicted molar refractivity (Wildman–Crippen MR) is 82.6 cm³/mol. The summed E-state index contributed by atoms with van der Waals surface area (Å²) in [7, 11) is -3.12. The van der Waals surface area contributed by atoms with Gasteiger partial charge in [0.2, 0.25) is 15.3 Å². The molecule has 1 aliphatic heterocycles. The molecule has 1 aliphatic rings. The van der Waals surface area contributed by atoms with E-state index in [9.17, 15) is 8.42 Å². The van der Waals surface area contributed by atoms with Crippen LogP contribution in [0.2, 0.25) is 5.28 Å². The van der Waals surface area contributed by atoms with Crippen LogP contribution in [0.4, 0.5) is 5.82 Å². The van der Waals surface area contributed by atoms with Crippen molar-refractivity contribution in [1.29, 1.82) is 0 Å². The topological polar surface area (TPSA) is 66.4 Å². The van der Waals surface area contributed by atoms with Crippen molar-refractivity contribution < 1.29 is 8.42 Å². The quantitative estimate of drug-likeness (QED) is 0.741. The maximum Gasteiger partial charge on any atom is 0.224 e. The van der Waals surface area contributed by atoms with Crippen LogP contribution in [0.1, 0.15) is 13.3 Å². The summed E-state index contributed by atoms with van der Waals surface area (Å²) in [6.45, 7) is 3.99. The third kappa shape index (κ3) is 3.60. The number of hydrogen-bond donors (Lipinski definition) is 0. The molecule has 0 saturated carbocycles. The molecule has 2 heterocycles. The lowest BCUT2D eigenvalue weighted by Gasteiger charge is -2.35. The minimum absolute atomic E-state index is 0.184. The van der Waals surface area contributed by atoms with Crippen molar-refractivity contribution in [2.75, 3.05) is 36.8 Å². The van der Waals surface area contributed by atoms with Gasteiger partial charge in [-0.1, -0.05) is 6.92 Å². The molecule has 20 heavy (non-hydrogen) atoms. The third-order valence-corrected chi connectivity index (χ3v) is 5.91. The highest BCUT2D eigenvalue weighted by atomic mass is 79.9. The summed E-state index contributed by atoms with van der Waals surface area (Å²) in [6.07, 6.45) is 2.24. The van der Waals surface area contributed by atoms with Gasteiger partial charge in [-0.25, -0.2) is 13.4 Å². The molecule has 6 nitrogen and oxygen atoms in total. The first-order valence-electron chi connectivity index (χ1n) is 6.35. The van der Waals surface area contributed by atoms with Gasteiger partial charge in [0, 0.05) is 32.4 Å². The molecule has 1 aromatic heterocycles. The van der Waals surface area contributed by atoms with Crippen LogP contribution in [0.15, 0.2) is 10.7 Å². The highest BCUT2D eigenvalue weighted by Crippen LogP contribution is 2.25. The van der Waals surface area contributed by atoms with Crippen LogP contribution in [-0.2, 0) is 10.0 Å². The van der Waals surface area contributed by atoms with Crippen molar-refractivity contribution in [3.05, 3.63) is 16.0 Å². The van der Waals surface area contributed by atoms with Crippen LogP contribution in [-0.4, -0.2) is 54.6 Å². The van der Waals surface area contributed by atoms with Gasteiger partial charge in [-0.2, -0.15) is 9.29 Å². The molecule has 2 rings (SSSR count). The summed E-state index contributed by atoms with van der Waals surface area (Å²) in [5.41, 5.74) is 0. The second-order valence-electron chi connectivity index (χ2n) is 4.51. The van der Waals surface area contributed by atoms with Crippen LogP contribution in [0.5, 0.6) is 0 Å². The Bertz CT molecular complexity index is 576. The molecule has 0 spiro atoms. The highest BCUT2D eigenvalue weighted by Gasteiger charge is 2.27. The second-order valence-corrected chi connectivity index (χ2v) is 7.79. The molecule has 0 bridgehead atoms. The molecule has 0 radical (unpaired) electrons. The lowest BCUT2D eigenvalue weighted by molar-refractivity contribution is 0.383. The standard InChI is InChI=1S/C11H16BrClN4O2S/c1-2-7-20(18,19)17-5-3-16(4-6-17)10-9(12)8-14-11(13)15-10/h8H,2-7H2,1H3. The van der Waals surface area contributed by atoms with Crippen molar-refractivity contribution in [3.63, 3.8) is 0 Å². The maximum atomic E-state index is 12.0. The van der Waals surface area contributed by atoms with E-state index in [0.717, 1.165) is 4.47 Å². The lowest BCUT2D eigenvalue weighted by Crippen LogP contribution is -2.49. The zero-order valence-corrected chi connectivity index (χ0v) is 14.2. The van der Waals surface area contributed by atoms with Crippen LogP contribution in [0.25, 0.3) is 0 Å². The molecule has 0 N–H and O–H groups in total. The smallest absolute Gasteiger partial charge is 0.224 e. The molecule has 0 aromatic carbocycles. The van der Waals surface area contributed by atoms with E-state index in [-0.39, 0.29) is 11.0 Å². The first-order valence-corrected chi connectivity index (χ1v) is 9.13. The van der Waals surface area contributed by atoms with Gasteiger partial charge in [-0.3, -0.25) is 0 Å². The Hall–Kier alpha value is -0.440. The van der Waals surface area contributed by atoms with Crippen LogP contribution in [0.3, 0.4) is 0 Å². The van der Waals surface area contributed by atoms with Gasteiger partial charge >= 0.3 is 0 Å². The minimum atomic E-state index is -3.12. The Labute approximate surface area is 132 Å². The van der Waals surface area contributed by atoms with E-state index in [0.29, 0.717) is 38.4 Å². The van der Waals surface area contributed by atoms with Gasteiger partial charge in [-0.15, -0.1) is 0 Å². The predicted octanol–water partition coefficient (Wildman–Crippen LogP) is 1.75. The van der Waals surface area contributed by atoms with Gasteiger partial charge in [0.25, 0.3) is 0 Å². The molecule has 1 saturated heterocycles. The van der Waals surface area contributed by atoms with E-state index >= 15 is 0 Å². The first kappa shape index (κ1) is 15.9. The van der Waals surface area contributed by atoms with Crippen LogP contribution in [0, 0.1) is 0 Å². The van der Waals surface area contributed by atoms with Crippen molar-refractivity contribution in [2.24, 2.45) is 0 Å². The van der Waals surface area contributed by atoms with E-state index in [4.69, 9.17) is 11.6 Å². The second kappa shape index (κ2) is 6.55. The van der Waals surface area contributed by atoms with E-state index in [1.165, 1.54) is 0 Å². The third-order valence-electron chi connectivity index (χ3n) is 3.09. The molecule has 9 heteroatoms. The largest absolute Gasteiger partial charge is 0.353 e. The first-order chi connectivity index (χ1) is 9.44. The number of rotatable bonds is 4. The highest BCUT2D eigenvalue weighted by molar-refractivity contribution is 9.10. The average molecular weight is 384 g/mol. The minimum Gasteiger partial charge on any atom is -0.353 e. The van der Waals surface area contributed by atoms with Gasteiger partial charge < -0.3 is 4.90 Å². The normalized spacial score (nSPS) is 17.4. The monoisotopic (exact) mass is 382 g/mol. The zero-order valence-electron chi connectivity index (χ0n) is 11.1. The number of anilines is 1. The lowest BCUT2D eigenvalue weighted by atomic mass is 10.3. The summed E-state index contributed by atoms with van der Waals surface area (Å²) < 4.78 is 26.3. The number of hydrogen-bond acceptors (Lipinski definition) is 5. The Kier molecular flexibility index (Phi) is 5.22. The number of piperazine rings is 1. The zero-order chi connectivity index (χ0) is 14.8. The Morgan fingerprint density at radius 2 is 2.00 bits per heavy atom. The fourth-order valence-corrected chi connectivity index (χ4v) is 4.19. The van der Waals surface area contributed by atoms with Gasteiger partial charge in [0.15, 0.2) is 0 Å². The fourth-order valence-electron chi connectivity index (χ4n) is 2.12. The summed E-state index contributed by atoms with van der Waals surface area (Å²) in [6, 6.07) is 0. The molecule has 0 amide bonds. The van der Waals surface area contributed by atoms with E-state index < -0.39 is 10.0 Å². The van der Waals surface area contributed by atoms with Crippen molar-refractivity contribution in [2.45, 2.75) is 13.3 Å². The number of nitrogens with zero attached hydrogens (tertiary/aromatic N) is 4. The molecule has 1 fully saturated rings. The van der Waals surface area contributed by atoms with E-state index in [1.54, 1.807) is 10.5 Å². The van der Waals surface area contributed by atoms with Gasteiger partial charge in [0.1, 0.15) is 5.82 Å². The molecule has 0 atom stereocenters. The van der Waals surface area contributed by atoms with Crippen molar-refractivity contribution in [1.82, 2.24) is 14.3 Å². The Balaban J connectivity index is 2.06. The van der Waals surface area contributed by atoms with E-state index in [1.807, 2.05) is 11.8 Å². The molecule has 1 aromatic rings. The number of halogens is 2. The average Bonchev–Trinajstić information content (AvgIpc) is 2.42. The Morgan fingerprint density at radius 1 is 1.35 bits per heavy atom. The molecule has 0 aliphatic carbocycles. The molecule has 0 unspecified atom stereocenters. The van der Waals surface area contributed by atoms with Crippen molar-refractivity contribution >= 4 is 43.4 Å². The van der Waals surface area contributed by atoms with Gasteiger partial charge in [-0.05, 0) is 34.0 Å². The fraction of sp³-hybridized carbons (Fsp3) is 0.636. The summed E-state index contributed by atoms with van der Waals surface area (Å²) in [5.74, 6) is 0.910.